The van der Waals surface area contributed by atoms with Gasteiger partial charge >= 0.3 is 11.0 Å². The van der Waals surface area contributed by atoms with Gasteiger partial charge in [0.05, 0.1) is 22.1 Å². The lowest BCUT2D eigenvalue weighted by Crippen LogP contribution is -2.05. The predicted molar refractivity (Wildman–Crippen MR) is 74.4 cm³/mol. The first kappa shape index (κ1) is 13.7. The second-order valence-electron chi connectivity index (χ2n) is 4.62. The minimum atomic E-state index is -0.538. The molecule has 2 aromatic heterocycles. The monoisotopic (exact) mass is 308 g/mol. The maximum Gasteiger partial charge on any atom is 0.376 e. The number of nitrogens with zero attached hydrogens (tertiary/aromatic N) is 2. The summed E-state index contributed by atoms with van der Waals surface area (Å²) in [5.74, 6) is 0.0320. The number of rotatable bonds is 5. The van der Waals surface area contributed by atoms with Gasteiger partial charge in [0.25, 0.3) is 0 Å². The molecular weight excluding hydrogens is 296 g/mol. The standard InChI is InChI=1S/C13H12N2O5S/c1-2-19-13(16)11-10(7-3-4-7)14-12(20-11)8-5-6-9(21-8)15(17)18/h5-7H,2-4H2,1H3. The van der Waals surface area contributed by atoms with Crippen LogP contribution in [-0.4, -0.2) is 22.5 Å². The number of ether oxygens (including phenoxy) is 1. The molecule has 0 aromatic carbocycles. The molecule has 0 N–H and O–H groups in total. The number of hydrogen-bond acceptors (Lipinski definition) is 7. The summed E-state index contributed by atoms with van der Waals surface area (Å²) in [6.45, 7) is 1.97. The van der Waals surface area contributed by atoms with Crippen molar-refractivity contribution in [3.63, 3.8) is 0 Å². The molecule has 0 unspecified atom stereocenters. The van der Waals surface area contributed by atoms with Crippen LogP contribution in [0, 0.1) is 10.1 Å². The zero-order valence-corrected chi connectivity index (χ0v) is 12.0. The topological polar surface area (TPSA) is 95.5 Å². The Labute approximate surface area is 123 Å². The SMILES string of the molecule is CCOC(=O)c1oc(-c2ccc([N+](=O)[O-])s2)nc1C1CC1. The van der Waals surface area contributed by atoms with E-state index < -0.39 is 10.9 Å². The number of thiophene rings is 1. The van der Waals surface area contributed by atoms with Crippen molar-refractivity contribution in [2.75, 3.05) is 6.61 Å². The molecule has 110 valence electrons. The van der Waals surface area contributed by atoms with Gasteiger partial charge in [0.2, 0.25) is 11.7 Å². The van der Waals surface area contributed by atoms with E-state index in [2.05, 4.69) is 4.98 Å². The van der Waals surface area contributed by atoms with Crippen LogP contribution < -0.4 is 0 Å². The summed E-state index contributed by atoms with van der Waals surface area (Å²) in [4.78, 5) is 27.0. The van der Waals surface area contributed by atoms with Gasteiger partial charge < -0.3 is 9.15 Å². The van der Waals surface area contributed by atoms with Crippen LogP contribution in [0.3, 0.4) is 0 Å². The number of carbonyl (C=O) groups excluding carboxylic acids is 1. The van der Waals surface area contributed by atoms with E-state index in [-0.39, 0.29) is 29.2 Å². The molecule has 3 rings (SSSR count). The minimum absolute atomic E-state index is 0.00820. The molecular formula is C13H12N2O5S. The van der Waals surface area contributed by atoms with Crippen molar-refractivity contribution < 1.29 is 18.9 Å². The van der Waals surface area contributed by atoms with Crippen LogP contribution in [0.25, 0.3) is 10.8 Å². The molecule has 0 atom stereocenters. The first-order valence-electron chi connectivity index (χ1n) is 6.52. The van der Waals surface area contributed by atoms with Crippen molar-refractivity contribution in [1.82, 2.24) is 4.98 Å². The third-order valence-corrected chi connectivity index (χ3v) is 4.09. The van der Waals surface area contributed by atoms with Crippen LogP contribution >= 0.6 is 11.3 Å². The molecule has 0 saturated heterocycles. The van der Waals surface area contributed by atoms with Gasteiger partial charge in [0.1, 0.15) is 0 Å². The molecule has 2 heterocycles. The highest BCUT2D eigenvalue weighted by atomic mass is 32.1. The predicted octanol–water partition coefficient (Wildman–Crippen LogP) is 3.37. The fourth-order valence-corrected chi connectivity index (χ4v) is 2.70. The second kappa shape index (κ2) is 5.28. The highest BCUT2D eigenvalue weighted by molar-refractivity contribution is 7.18. The van der Waals surface area contributed by atoms with Crippen molar-refractivity contribution in [2.24, 2.45) is 0 Å². The Hall–Kier alpha value is -2.22. The van der Waals surface area contributed by atoms with Crippen molar-refractivity contribution in [2.45, 2.75) is 25.7 Å². The molecule has 2 aromatic rings. The van der Waals surface area contributed by atoms with Gasteiger partial charge in [-0.15, -0.1) is 0 Å². The van der Waals surface area contributed by atoms with E-state index in [0.717, 1.165) is 24.2 Å². The Morgan fingerprint density at radius 3 is 2.90 bits per heavy atom. The fourth-order valence-electron chi connectivity index (χ4n) is 1.95. The summed E-state index contributed by atoms with van der Waals surface area (Å²) < 4.78 is 10.5. The Kier molecular flexibility index (Phi) is 3.46. The maximum atomic E-state index is 11.9. The van der Waals surface area contributed by atoms with Gasteiger partial charge in [0, 0.05) is 12.0 Å². The van der Waals surface area contributed by atoms with Crippen LogP contribution in [0.15, 0.2) is 16.5 Å². The maximum absolute atomic E-state index is 11.9. The molecule has 1 saturated carbocycles. The first-order chi connectivity index (χ1) is 10.1. The van der Waals surface area contributed by atoms with Crippen molar-refractivity contribution in [3.8, 4) is 10.8 Å². The van der Waals surface area contributed by atoms with Crippen LogP contribution in [0.2, 0.25) is 0 Å². The van der Waals surface area contributed by atoms with E-state index >= 15 is 0 Å². The van der Waals surface area contributed by atoms with E-state index in [9.17, 15) is 14.9 Å². The average molecular weight is 308 g/mol. The molecule has 1 fully saturated rings. The van der Waals surface area contributed by atoms with E-state index in [0.29, 0.717) is 10.6 Å². The summed E-state index contributed by atoms with van der Waals surface area (Å²) in [5, 5.41) is 10.7. The minimum Gasteiger partial charge on any atom is -0.460 e. The highest BCUT2D eigenvalue weighted by Gasteiger charge is 2.34. The van der Waals surface area contributed by atoms with Gasteiger partial charge in [-0.3, -0.25) is 10.1 Å². The van der Waals surface area contributed by atoms with E-state index in [4.69, 9.17) is 9.15 Å². The van der Waals surface area contributed by atoms with Crippen LogP contribution in [0.4, 0.5) is 5.00 Å². The highest BCUT2D eigenvalue weighted by Crippen LogP contribution is 2.43. The zero-order chi connectivity index (χ0) is 15.0. The summed E-state index contributed by atoms with van der Waals surface area (Å²) in [6, 6.07) is 2.96. The lowest BCUT2D eigenvalue weighted by atomic mass is 10.2. The number of aromatic nitrogens is 1. The van der Waals surface area contributed by atoms with Gasteiger partial charge in [-0.25, -0.2) is 9.78 Å². The number of esters is 1. The molecule has 0 amide bonds. The Morgan fingerprint density at radius 1 is 1.57 bits per heavy atom. The zero-order valence-electron chi connectivity index (χ0n) is 11.2. The third-order valence-electron chi connectivity index (χ3n) is 3.06. The van der Waals surface area contributed by atoms with E-state index in [1.165, 1.54) is 6.07 Å². The average Bonchev–Trinajstić information content (AvgIpc) is 3.02. The number of oxazole rings is 1. The molecule has 0 bridgehead atoms. The largest absolute Gasteiger partial charge is 0.460 e. The van der Waals surface area contributed by atoms with Crippen LogP contribution in [0.1, 0.15) is 41.9 Å². The van der Waals surface area contributed by atoms with E-state index in [1.807, 2.05) is 0 Å². The smallest absolute Gasteiger partial charge is 0.376 e. The molecule has 0 radical (unpaired) electrons. The second-order valence-corrected chi connectivity index (χ2v) is 5.69. The summed E-state index contributed by atoms with van der Waals surface area (Å²) in [5.41, 5.74) is 0.597. The Bertz CT molecular complexity index is 701. The molecule has 7 nitrogen and oxygen atoms in total. The lowest BCUT2D eigenvalue weighted by Gasteiger charge is -1.98. The van der Waals surface area contributed by atoms with Crippen molar-refractivity contribution >= 4 is 22.3 Å². The van der Waals surface area contributed by atoms with Gasteiger partial charge in [0.15, 0.2) is 0 Å². The van der Waals surface area contributed by atoms with Crippen molar-refractivity contribution in [3.05, 3.63) is 33.7 Å². The third kappa shape index (κ3) is 2.66. The number of hydrogen-bond donors (Lipinski definition) is 0. The van der Waals surface area contributed by atoms with Gasteiger partial charge in [-0.1, -0.05) is 11.3 Å². The quantitative estimate of drug-likeness (QED) is 0.477. The Balaban J connectivity index is 1.97. The van der Waals surface area contributed by atoms with E-state index in [1.54, 1.807) is 13.0 Å². The molecule has 8 heteroatoms. The fraction of sp³-hybridized carbons (Fsp3) is 0.385. The number of carbonyl (C=O) groups is 1. The summed E-state index contributed by atoms with van der Waals surface area (Å²) in [7, 11) is 0. The number of nitro groups is 1. The lowest BCUT2D eigenvalue weighted by molar-refractivity contribution is -0.380. The summed E-state index contributed by atoms with van der Waals surface area (Å²) in [6.07, 6.45) is 1.92. The normalized spacial score (nSPS) is 14.1. The summed E-state index contributed by atoms with van der Waals surface area (Å²) >= 11 is 0.966. The Morgan fingerprint density at radius 2 is 2.33 bits per heavy atom. The van der Waals surface area contributed by atoms with Crippen LogP contribution in [0.5, 0.6) is 0 Å². The molecule has 0 spiro atoms. The molecule has 1 aliphatic carbocycles. The molecule has 21 heavy (non-hydrogen) atoms. The first-order valence-corrected chi connectivity index (χ1v) is 7.34. The van der Waals surface area contributed by atoms with Gasteiger partial charge in [-0.2, -0.15) is 0 Å². The molecule has 1 aliphatic rings. The van der Waals surface area contributed by atoms with Crippen molar-refractivity contribution in [1.29, 1.82) is 0 Å². The molecule has 0 aliphatic heterocycles. The van der Waals surface area contributed by atoms with Gasteiger partial charge in [-0.05, 0) is 25.8 Å². The van der Waals surface area contributed by atoms with Crippen LogP contribution in [-0.2, 0) is 4.74 Å².